The Morgan fingerprint density at radius 2 is 1.69 bits per heavy atom. The second-order valence-corrected chi connectivity index (χ2v) is 5.39. The van der Waals surface area contributed by atoms with Gasteiger partial charge in [-0.3, -0.25) is 0 Å². The van der Waals surface area contributed by atoms with Crippen LogP contribution in [0.3, 0.4) is 0 Å². The molecule has 1 saturated carbocycles. The van der Waals surface area contributed by atoms with Gasteiger partial charge in [-0.2, -0.15) is 0 Å². The quantitative estimate of drug-likeness (QED) is 0.532. The molecule has 1 rings (SSSR count). The molecule has 16 heavy (non-hydrogen) atoms. The molecule has 0 atom stereocenters. The van der Waals surface area contributed by atoms with E-state index in [0.717, 1.165) is 26.1 Å². The number of nitrogens with two attached hydrogens (primary N) is 1. The maximum atomic E-state index is 6.37. The van der Waals surface area contributed by atoms with Gasteiger partial charge in [0.2, 0.25) is 0 Å². The van der Waals surface area contributed by atoms with Crippen molar-refractivity contribution in [1.29, 1.82) is 0 Å². The molecule has 2 N–H and O–H groups in total. The summed E-state index contributed by atoms with van der Waals surface area (Å²) in [5.74, 6) is 0. The third-order valence-electron chi connectivity index (χ3n) is 3.63. The van der Waals surface area contributed by atoms with Crippen molar-refractivity contribution in [3.8, 4) is 0 Å². The van der Waals surface area contributed by atoms with Crippen molar-refractivity contribution in [2.45, 2.75) is 76.7 Å². The fourth-order valence-corrected chi connectivity index (χ4v) is 2.48. The Kier molecular flexibility index (Phi) is 7.06. The summed E-state index contributed by atoms with van der Waals surface area (Å²) in [5.41, 5.74) is 6.36. The van der Waals surface area contributed by atoms with Crippen molar-refractivity contribution in [3.63, 3.8) is 0 Å². The van der Waals surface area contributed by atoms with Crippen molar-refractivity contribution in [1.82, 2.24) is 0 Å². The third-order valence-corrected chi connectivity index (χ3v) is 3.63. The molecule has 0 bridgehead atoms. The summed E-state index contributed by atoms with van der Waals surface area (Å²) in [6.07, 6.45) is 12.7. The molecule has 2 heteroatoms. The van der Waals surface area contributed by atoms with Gasteiger partial charge in [-0.05, 0) is 19.3 Å². The van der Waals surface area contributed by atoms with Gasteiger partial charge in [0.15, 0.2) is 0 Å². The van der Waals surface area contributed by atoms with Crippen LogP contribution in [0.5, 0.6) is 0 Å². The highest BCUT2D eigenvalue weighted by Crippen LogP contribution is 2.25. The molecule has 0 unspecified atom stereocenters. The fourth-order valence-electron chi connectivity index (χ4n) is 2.48. The average Bonchev–Trinajstić information content (AvgIpc) is 2.49. The van der Waals surface area contributed by atoms with Crippen LogP contribution >= 0.6 is 0 Å². The van der Waals surface area contributed by atoms with Gasteiger partial charge >= 0.3 is 0 Å². The van der Waals surface area contributed by atoms with Gasteiger partial charge in [0.25, 0.3) is 0 Å². The lowest BCUT2D eigenvalue weighted by molar-refractivity contribution is 0.0752. The van der Waals surface area contributed by atoms with Crippen LogP contribution < -0.4 is 5.73 Å². The Balaban J connectivity index is 2.05. The van der Waals surface area contributed by atoms with Gasteiger partial charge in [-0.1, -0.05) is 51.9 Å². The molecule has 0 aromatic rings. The lowest BCUT2D eigenvalue weighted by Crippen LogP contribution is -2.44. The highest BCUT2D eigenvalue weighted by Gasteiger charge is 2.26. The monoisotopic (exact) mass is 227 g/mol. The minimum absolute atomic E-state index is 0.0126. The normalized spacial score (nSPS) is 20.6. The van der Waals surface area contributed by atoms with Crippen LogP contribution in [0.1, 0.15) is 71.1 Å². The van der Waals surface area contributed by atoms with Gasteiger partial charge in [-0.25, -0.2) is 0 Å². The van der Waals surface area contributed by atoms with E-state index in [2.05, 4.69) is 6.92 Å². The molecule has 0 aliphatic heterocycles. The zero-order valence-electron chi connectivity index (χ0n) is 11.0. The SMILES string of the molecule is CCCCCCOCC1(N)CCCCCC1. The van der Waals surface area contributed by atoms with Gasteiger partial charge in [0, 0.05) is 12.1 Å². The zero-order chi connectivity index (χ0) is 11.7. The maximum Gasteiger partial charge on any atom is 0.0646 e. The van der Waals surface area contributed by atoms with E-state index in [1.807, 2.05) is 0 Å². The Hall–Kier alpha value is -0.0800. The summed E-state index contributed by atoms with van der Waals surface area (Å²) in [4.78, 5) is 0. The van der Waals surface area contributed by atoms with Crippen molar-refractivity contribution in [2.24, 2.45) is 5.73 Å². The average molecular weight is 227 g/mol. The molecule has 1 aliphatic rings. The van der Waals surface area contributed by atoms with Crippen LogP contribution in [-0.2, 0) is 4.74 Å². The van der Waals surface area contributed by atoms with E-state index >= 15 is 0 Å². The number of ether oxygens (including phenoxy) is 1. The summed E-state index contributed by atoms with van der Waals surface area (Å²) in [6.45, 7) is 3.92. The first kappa shape index (κ1) is 14.0. The first-order valence-electron chi connectivity index (χ1n) is 7.13. The van der Waals surface area contributed by atoms with E-state index in [9.17, 15) is 0 Å². The summed E-state index contributed by atoms with van der Waals surface area (Å²) in [6, 6.07) is 0. The van der Waals surface area contributed by atoms with Crippen molar-refractivity contribution >= 4 is 0 Å². The van der Waals surface area contributed by atoms with Crippen molar-refractivity contribution < 1.29 is 4.74 Å². The smallest absolute Gasteiger partial charge is 0.0646 e. The van der Waals surface area contributed by atoms with Crippen LogP contribution in [0.15, 0.2) is 0 Å². The zero-order valence-corrected chi connectivity index (χ0v) is 11.0. The maximum absolute atomic E-state index is 6.37. The van der Waals surface area contributed by atoms with Crippen molar-refractivity contribution in [3.05, 3.63) is 0 Å². The van der Waals surface area contributed by atoms with Crippen LogP contribution in [0, 0.1) is 0 Å². The Labute approximate surface area is 101 Å². The lowest BCUT2D eigenvalue weighted by atomic mass is 9.93. The van der Waals surface area contributed by atoms with Crippen LogP contribution in [0.2, 0.25) is 0 Å². The molecule has 0 radical (unpaired) electrons. The highest BCUT2D eigenvalue weighted by atomic mass is 16.5. The molecule has 0 saturated heterocycles. The summed E-state index contributed by atoms with van der Waals surface area (Å²) in [7, 11) is 0. The topological polar surface area (TPSA) is 35.2 Å². The molecular formula is C14H29NO. The minimum atomic E-state index is -0.0126. The fraction of sp³-hybridized carbons (Fsp3) is 1.00. The summed E-state index contributed by atoms with van der Waals surface area (Å²) < 4.78 is 5.75. The molecule has 0 spiro atoms. The predicted octanol–water partition coefficient (Wildman–Crippen LogP) is 3.64. The molecule has 0 amide bonds. The van der Waals surface area contributed by atoms with Gasteiger partial charge in [0.05, 0.1) is 6.61 Å². The first-order valence-corrected chi connectivity index (χ1v) is 7.13. The van der Waals surface area contributed by atoms with E-state index < -0.39 is 0 Å². The van der Waals surface area contributed by atoms with E-state index in [-0.39, 0.29) is 5.54 Å². The molecule has 0 heterocycles. The highest BCUT2D eigenvalue weighted by molar-refractivity contribution is 4.85. The molecule has 0 aromatic heterocycles. The number of rotatable bonds is 7. The standard InChI is InChI=1S/C14H29NO/c1-2-3-4-9-12-16-13-14(15)10-7-5-6-8-11-14/h2-13,15H2,1H3. The molecule has 96 valence electrons. The number of unbranched alkanes of at least 4 members (excludes halogenated alkanes) is 3. The molecular weight excluding hydrogens is 198 g/mol. The van der Waals surface area contributed by atoms with Crippen LogP contribution in [0.4, 0.5) is 0 Å². The minimum Gasteiger partial charge on any atom is -0.380 e. The van der Waals surface area contributed by atoms with Crippen molar-refractivity contribution in [2.75, 3.05) is 13.2 Å². The van der Waals surface area contributed by atoms with Crippen LogP contribution in [0.25, 0.3) is 0 Å². The van der Waals surface area contributed by atoms with E-state index in [1.54, 1.807) is 0 Å². The number of hydrogen-bond donors (Lipinski definition) is 1. The third kappa shape index (κ3) is 5.86. The van der Waals surface area contributed by atoms with Crippen LogP contribution in [-0.4, -0.2) is 18.8 Å². The van der Waals surface area contributed by atoms with E-state index in [4.69, 9.17) is 10.5 Å². The van der Waals surface area contributed by atoms with E-state index in [1.165, 1.54) is 51.4 Å². The van der Waals surface area contributed by atoms with E-state index in [0.29, 0.717) is 0 Å². The predicted molar refractivity (Wildman–Crippen MR) is 69.6 cm³/mol. The Morgan fingerprint density at radius 1 is 1.00 bits per heavy atom. The summed E-state index contributed by atoms with van der Waals surface area (Å²) in [5, 5.41) is 0. The number of hydrogen-bond acceptors (Lipinski definition) is 2. The lowest BCUT2D eigenvalue weighted by Gasteiger charge is -2.27. The Morgan fingerprint density at radius 3 is 2.31 bits per heavy atom. The van der Waals surface area contributed by atoms with Gasteiger partial charge < -0.3 is 10.5 Å². The largest absolute Gasteiger partial charge is 0.380 e. The second kappa shape index (κ2) is 8.08. The second-order valence-electron chi connectivity index (χ2n) is 5.39. The molecule has 1 fully saturated rings. The van der Waals surface area contributed by atoms with Gasteiger partial charge in [0.1, 0.15) is 0 Å². The molecule has 1 aliphatic carbocycles. The van der Waals surface area contributed by atoms with Gasteiger partial charge in [-0.15, -0.1) is 0 Å². The molecule has 2 nitrogen and oxygen atoms in total. The molecule has 0 aromatic carbocycles. The first-order chi connectivity index (χ1) is 7.77. The Bertz CT molecular complexity index is 162. The summed E-state index contributed by atoms with van der Waals surface area (Å²) >= 11 is 0.